The molecule has 120 valence electrons. The van der Waals surface area contributed by atoms with Crippen LogP contribution in [0.15, 0.2) is 4.99 Å². The van der Waals surface area contributed by atoms with Gasteiger partial charge in [0.05, 0.1) is 0 Å². The van der Waals surface area contributed by atoms with Crippen molar-refractivity contribution in [1.82, 2.24) is 25.5 Å². The number of carbonyl (C=O) groups excluding carboxylic acids is 2. The third kappa shape index (κ3) is 12.8. The maximum absolute atomic E-state index is 11.4. The Balaban J connectivity index is 4.43. The average molecular weight is 346 g/mol. The van der Waals surface area contributed by atoms with E-state index >= 15 is 0 Å². The van der Waals surface area contributed by atoms with Crippen molar-refractivity contribution in [1.29, 1.82) is 0 Å². The first-order valence-electron chi connectivity index (χ1n) is 6.05. The molecule has 0 aliphatic heterocycles. The molecule has 14 heteroatoms. The number of rotatable bonds is 8. The van der Waals surface area contributed by atoms with Crippen LogP contribution in [-0.4, -0.2) is 66.2 Å². The lowest BCUT2D eigenvalue weighted by atomic mass is 10.4. The smallest absolute Gasteiger partial charge is 0.416 e. The van der Waals surface area contributed by atoms with E-state index < -0.39 is 30.1 Å². The number of hydrogen-bond acceptors (Lipinski definition) is 8. The van der Waals surface area contributed by atoms with Gasteiger partial charge in [-0.15, -0.1) is 0 Å². The predicted molar refractivity (Wildman–Crippen MR) is 89.1 cm³/mol. The molecule has 0 heterocycles. The second kappa shape index (κ2) is 13.7. The van der Waals surface area contributed by atoms with Crippen molar-refractivity contribution < 1.29 is 18.6 Å². The van der Waals surface area contributed by atoms with Crippen molar-refractivity contribution in [3.8, 4) is 0 Å². The van der Waals surface area contributed by atoms with Crippen LogP contribution in [0.5, 0.6) is 0 Å². The summed E-state index contributed by atoms with van der Waals surface area (Å²) in [6.07, 6.45) is -0.896. The first-order chi connectivity index (χ1) is 10.5. The third-order valence-electron chi connectivity index (χ3n) is 1.88. The van der Waals surface area contributed by atoms with Gasteiger partial charge in [0.25, 0.3) is 0 Å². The topological polar surface area (TPSA) is 116 Å². The molecule has 0 saturated heterocycles. The highest BCUT2D eigenvalue weighted by Gasteiger charge is 2.11. The van der Waals surface area contributed by atoms with Gasteiger partial charge in [0.2, 0.25) is 5.96 Å². The monoisotopic (exact) mass is 346 g/mol. The van der Waals surface area contributed by atoms with Gasteiger partial charge < -0.3 is 23.9 Å². The second-order valence-corrected chi connectivity index (χ2v) is 5.30. The lowest BCUT2D eigenvalue weighted by molar-refractivity contribution is 0.209. The molecule has 0 aromatic carbocycles. The molecule has 0 bridgehead atoms. The number of aliphatic imine (C=N–C) groups is 1. The van der Waals surface area contributed by atoms with Crippen molar-refractivity contribution in [3.05, 3.63) is 0 Å². The Labute approximate surface area is 135 Å². The Kier molecular flexibility index (Phi) is 13.1. The van der Waals surface area contributed by atoms with Gasteiger partial charge in [-0.1, -0.05) is 0 Å². The molecule has 2 unspecified atom stereocenters. The van der Waals surface area contributed by atoms with E-state index in [4.69, 9.17) is 16.0 Å². The fourth-order valence-corrected chi connectivity index (χ4v) is 1.49. The molecule has 2 amide bonds. The first kappa shape index (κ1) is 21.1. The zero-order valence-electron chi connectivity index (χ0n) is 12.3. The van der Waals surface area contributed by atoms with Crippen molar-refractivity contribution >= 4 is 52.0 Å². The van der Waals surface area contributed by atoms with Gasteiger partial charge in [0.1, 0.15) is 17.9 Å². The van der Waals surface area contributed by atoms with Crippen LogP contribution >= 0.6 is 17.9 Å². The van der Waals surface area contributed by atoms with Crippen LogP contribution < -0.4 is 20.6 Å². The highest BCUT2D eigenvalue weighted by molar-refractivity contribution is 7.32. The Morgan fingerprint density at radius 2 is 1.59 bits per heavy atom. The fraction of sp³-hybridized carbons (Fsp3) is 0.625. The summed E-state index contributed by atoms with van der Waals surface area (Å²) in [6.45, 7) is 1.20. The standard InChI is InChI=1S/C8H18B2N6O4P2/c1-16(2)5-3-4-11-6(12-7(17)19-21-14-9)13-8(18)20-22-15-10/h14-15,21-22H,3-5H2,1-2H3,(H2,11,12,13,17,18). The molecule has 10 nitrogen and oxygen atoms in total. The zero-order valence-corrected chi connectivity index (χ0v) is 14.3. The Morgan fingerprint density at radius 1 is 1.09 bits per heavy atom. The van der Waals surface area contributed by atoms with Crippen molar-refractivity contribution in [3.63, 3.8) is 0 Å². The molecule has 4 radical (unpaired) electrons. The molecule has 2 atom stereocenters. The lowest BCUT2D eigenvalue weighted by Crippen LogP contribution is -2.43. The van der Waals surface area contributed by atoms with Gasteiger partial charge >= 0.3 is 12.2 Å². The summed E-state index contributed by atoms with van der Waals surface area (Å²) in [4.78, 5) is 33.2. The van der Waals surface area contributed by atoms with Gasteiger partial charge in [-0.2, -0.15) is 0 Å². The summed E-state index contributed by atoms with van der Waals surface area (Å²) in [5, 5.41) is 4.55. The van der Waals surface area contributed by atoms with Crippen LogP contribution in [-0.2, 0) is 9.05 Å². The van der Waals surface area contributed by atoms with Gasteiger partial charge in [0, 0.05) is 6.54 Å². The van der Waals surface area contributed by atoms with Crippen molar-refractivity contribution in [2.24, 2.45) is 4.99 Å². The first-order valence-corrected chi connectivity index (χ1v) is 7.87. The average Bonchev–Trinajstić information content (AvgIpc) is 2.47. The van der Waals surface area contributed by atoms with E-state index in [1.54, 1.807) is 0 Å². The molecular formula is C8H18B2N6O4P2. The summed E-state index contributed by atoms with van der Waals surface area (Å²) in [5.41, 5.74) is 0. The molecule has 22 heavy (non-hydrogen) atoms. The summed E-state index contributed by atoms with van der Waals surface area (Å²) in [5.74, 6) is -0.0857. The van der Waals surface area contributed by atoms with Crippen LogP contribution in [0.3, 0.4) is 0 Å². The van der Waals surface area contributed by atoms with E-state index in [-0.39, 0.29) is 5.96 Å². The Hall–Kier alpha value is -0.920. The molecule has 4 N–H and O–H groups in total. The van der Waals surface area contributed by atoms with Gasteiger partial charge in [0.15, 0.2) is 16.0 Å². The number of nitrogens with one attached hydrogen (secondary N) is 4. The lowest BCUT2D eigenvalue weighted by Gasteiger charge is -2.11. The highest BCUT2D eigenvalue weighted by atomic mass is 31.1. The maximum atomic E-state index is 11.4. The molecule has 0 spiro atoms. The molecule has 0 aliphatic carbocycles. The second-order valence-electron chi connectivity index (χ2n) is 3.91. The van der Waals surface area contributed by atoms with Crippen LogP contribution in [0, 0.1) is 0 Å². The Bertz CT molecular complexity index is 353. The van der Waals surface area contributed by atoms with Gasteiger partial charge in [-0.25, -0.2) is 9.59 Å². The normalized spacial score (nSPS) is 11.0. The molecule has 0 rings (SSSR count). The summed E-state index contributed by atoms with van der Waals surface area (Å²) in [7, 11) is 13.0. The van der Waals surface area contributed by atoms with E-state index in [1.807, 2.05) is 19.0 Å². The number of amides is 2. The predicted octanol–water partition coefficient (Wildman–Crippen LogP) is -0.890. The van der Waals surface area contributed by atoms with Crippen LogP contribution in [0.25, 0.3) is 0 Å². The summed E-state index contributed by atoms with van der Waals surface area (Å²) < 4.78 is 9.32. The van der Waals surface area contributed by atoms with Crippen molar-refractivity contribution in [2.75, 3.05) is 27.2 Å². The number of nitrogens with zero attached hydrogens (tertiary/aromatic N) is 2. The summed E-state index contributed by atoms with van der Waals surface area (Å²) in [6, 6.07) is 0. The highest BCUT2D eigenvalue weighted by Crippen LogP contribution is 2.04. The molecule has 0 aromatic heterocycles. The van der Waals surface area contributed by atoms with Crippen LogP contribution in [0.1, 0.15) is 6.42 Å². The van der Waals surface area contributed by atoms with E-state index in [2.05, 4.69) is 34.7 Å². The van der Waals surface area contributed by atoms with Gasteiger partial charge in [-0.3, -0.25) is 15.6 Å². The Morgan fingerprint density at radius 3 is 2.00 bits per heavy atom. The number of guanidine groups is 1. The maximum Gasteiger partial charge on any atom is 0.417 e. The third-order valence-corrected chi connectivity index (χ3v) is 2.69. The molecule has 0 aromatic rings. The van der Waals surface area contributed by atoms with E-state index in [0.717, 1.165) is 13.0 Å². The van der Waals surface area contributed by atoms with E-state index in [1.165, 1.54) is 0 Å². The quantitative estimate of drug-likeness (QED) is 0.148. The number of carbonyl (C=O) groups is 2. The van der Waals surface area contributed by atoms with Crippen LogP contribution in [0.4, 0.5) is 9.59 Å². The minimum absolute atomic E-state index is 0.0857. The molecule has 0 saturated carbocycles. The largest absolute Gasteiger partial charge is 0.417 e. The molecule has 0 fully saturated rings. The number of hydrogen-bond donors (Lipinski definition) is 4. The molecular weight excluding hydrogens is 328 g/mol. The SMILES string of the molecule is [B]NPOC(=O)NC(=NCCCN(C)C)NC(=O)OPN[B]. The van der Waals surface area contributed by atoms with Crippen molar-refractivity contribution in [2.45, 2.75) is 6.42 Å². The fourth-order valence-electron chi connectivity index (χ4n) is 1.08. The summed E-state index contributed by atoms with van der Waals surface area (Å²) >= 11 is 0. The minimum Gasteiger partial charge on any atom is -0.416 e. The minimum atomic E-state index is -0.817. The van der Waals surface area contributed by atoms with Gasteiger partial charge in [-0.05, 0) is 27.1 Å². The van der Waals surface area contributed by atoms with Crippen LogP contribution in [0.2, 0.25) is 0 Å². The zero-order chi connectivity index (χ0) is 16.8. The van der Waals surface area contributed by atoms with E-state index in [0.29, 0.717) is 6.54 Å². The molecule has 0 aliphatic rings. The van der Waals surface area contributed by atoms with E-state index in [9.17, 15) is 9.59 Å².